The van der Waals surface area contributed by atoms with Crippen molar-refractivity contribution in [1.82, 2.24) is 24.8 Å². The summed E-state index contributed by atoms with van der Waals surface area (Å²) in [5, 5.41) is 13.9. The summed E-state index contributed by atoms with van der Waals surface area (Å²) in [6.45, 7) is 1.81. The maximum Gasteiger partial charge on any atom is 0.261 e. The van der Waals surface area contributed by atoms with E-state index < -0.39 is 6.10 Å². The summed E-state index contributed by atoms with van der Waals surface area (Å²) in [7, 11) is 2.03. The highest BCUT2D eigenvalue weighted by molar-refractivity contribution is 6.23. The van der Waals surface area contributed by atoms with Gasteiger partial charge in [-0.05, 0) is 74.4 Å². The lowest BCUT2D eigenvalue weighted by Crippen LogP contribution is -2.46. The molecule has 0 saturated carbocycles. The van der Waals surface area contributed by atoms with Crippen molar-refractivity contribution in [3.8, 4) is 28.3 Å². The zero-order valence-corrected chi connectivity index (χ0v) is 25.3. The van der Waals surface area contributed by atoms with Crippen LogP contribution < -0.4 is 15.6 Å². The molecule has 2 aromatic heterocycles. The van der Waals surface area contributed by atoms with Crippen LogP contribution in [-0.2, 0) is 0 Å². The molecule has 2 aliphatic rings. The molecule has 46 heavy (non-hydrogen) atoms. The second-order valence-corrected chi connectivity index (χ2v) is 11.9. The molecule has 0 aliphatic carbocycles. The molecule has 11 nitrogen and oxygen atoms in total. The number of anilines is 1. The van der Waals surface area contributed by atoms with Gasteiger partial charge in [-0.1, -0.05) is 42.5 Å². The fraction of sp³-hybridized carbons (Fsp3) is 0.257. The van der Waals surface area contributed by atoms with Gasteiger partial charge >= 0.3 is 0 Å². The number of hydrogen-bond acceptors (Lipinski definition) is 8. The number of nitrogens with zero attached hydrogens (tertiary/aromatic N) is 3. The highest BCUT2D eigenvalue weighted by Crippen LogP contribution is 2.33. The zero-order valence-electron chi connectivity index (χ0n) is 25.3. The number of piperidine rings is 1. The van der Waals surface area contributed by atoms with E-state index in [1.165, 1.54) is 11.1 Å². The third kappa shape index (κ3) is 5.66. The Morgan fingerprint density at radius 1 is 0.957 bits per heavy atom. The number of nitrogens with one attached hydrogen (secondary N) is 3. The van der Waals surface area contributed by atoms with Gasteiger partial charge in [0.25, 0.3) is 17.4 Å². The molecule has 7 rings (SSSR count). The molecule has 0 bridgehead atoms. The number of aliphatic hydroxyl groups is 1. The van der Waals surface area contributed by atoms with E-state index in [4.69, 9.17) is 4.74 Å². The van der Waals surface area contributed by atoms with Crippen LogP contribution >= 0.6 is 0 Å². The van der Waals surface area contributed by atoms with Crippen LogP contribution in [0.4, 0.5) is 5.69 Å². The number of carbonyl (C=O) groups excluding carboxylic acids is 2. The minimum atomic E-state index is -0.879. The lowest BCUT2D eigenvalue weighted by Gasteiger charge is -2.33. The van der Waals surface area contributed by atoms with Crippen LogP contribution in [0.3, 0.4) is 0 Å². The molecule has 11 heteroatoms. The van der Waals surface area contributed by atoms with Gasteiger partial charge in [0, 0.05) is 18.8 Å². The number of pyridine rings is 1. The molecule has 1 unspecified atom stereocenters. The summed E-state index contributed by atoms with van der Waals surface area (Å²) in [6, 6.07) is 22.5. The SMILES string of the molecule is CN1CCC(N2C(=O)c3cc4nc(-c5c(NCC(O)COc6cccc(-c7ccccc7)c6)cc[nH]c5=O)[nH]c4cc3C2=O)CC1. The van der Waals surface area contributed by atoms with Gasteiger partial charge in [-0.2, -0.15) is 0 Å². The summed E-state index contributed by atoms with van der Waals surface area (Å²) in [5.74, 6) is 0.316. The fourth-order valence-electron chi connectivity index (χ4n) is 6.20. The number of hydrogen-bond donors (Lipinski definition) is 4. The Hall–Kier alpha value is -5.26. The van der Waals surface area contributed by atoms with E-state index in [0.29, 0.717) is 33.6 Å². The molecule has 5 aromatic rings. The van der Waals surface area contributed by atoms with E-state index in [-0.39, 0.29) is 48.0 Å². The second kappa shape index (κ2) is 12.3. The molecular formula is C35H34N6O5. The van der Waals surface area contributed by atoms with Crippen LogP contribution in [-0.4, -0.2) is 87.1 Å². The summed E-state index contributed by atoms with van der Waals surface area (Å²) in [4.78, 5) is 53.8. The van der Waals surface area contributed by atoms with E-state index in [9.17, 15) is 19.5 Å². The highest BCUT2D eigenvalue weighted by atomic mass is 16.5. The van der Waals surface area contributed by atoms with Gasteiger partial charge in [-0.25, -0.2) is 4.98 Å². The molecule has 4 heterocycles. The van der Waals surface area contributed by atoms with Crippen molar-refractivity contribution in [3.05, 3.63) is 100 Å². The number of aliphatic hydroxyl groups excluding tert-OH is 1. The molecule has 1 saturated heterocycles. The summed E-state index contributed by atoms with van der Waals surface area (Å²) in [5.41, 5.74) is 4.07. The van der Waals surface area contributed by atoms with Gasteiger partial charge in [0.05, 0.1) is 27.8 Å². The number of imidazole rings is 1. The monoisotopic (exact) mass is 618 g/mol. The average Bonchev–Trinajstić information content (AvgIpc) is 3.59. The number of benzene rings is 3. The Kier molecular flexibility index (Phi) is 7.85. The largest absolute Gasteiger partial charge is 0.491 e. The number of likely N-dealkylation sites (tertiary alicyclic amines) is 1. The molecule has 1 fully saturated rings. The zero-order chi connectivity index (χ0) is 31.8. The third-order valence-electron chi connectivity index (χ3n) is 8.68. The van der Waals surface area contributed by atoms with Crippen LogP contribution in [0.2, 0.25) is 0 Å². The summed E-state index contributed by atoms with van der Waals surface area (Å²) in [6.07, 6.45) is 2.13. The summed E-state index contributed by atoms with van der Waals surface area (Å²) >= 11 is 0. The highest BCUT2D eigenvalue weighted by Gasteiger charge is 2.41. The van der Waals surface area contributed by atoms with Crippen molar-refractivity contribution >= 4 is 28.5 Å². The van der Waals surface area contributed by atoms with Gasteiger partial charge in [0.2, 0.25) is 0 Å². The van der Waals surface area contributed by atoms with Gasteiger partial charge in [0.15, 0.2) is 0 Å². The Morgan fingerprint density at radius 2 is 1.70 bits per heavy atom. The molecule has 2 aliphatic heterocycles. The molecule has 0 radical (unpaired) electrons. The fourth-order valence-corrected chi connectivity index (χ4v) is 6.20. The van der Waals surface area contributed by atoms with Crippen molar-refractivity contribution in [2.75, 3.05) is 38.6 Å². The first kappa shape index (κ1) is 29.5. The normalized spacial score (nSPS) is 16.2. The minimum Gasteiger partial charge on any atom is -0.491 e. The Morgan fingerprint density at radius 3 is 2.48 bits per heavy atom. The number of aromatic amines is 2. The maximum atomic E-state index is 13.3. The van der Waals surface area contributed by atoms with Crippen LogP contribution in [0, 0.1) is 0 Å². The van der Waals surface area contributed by atoms with Crippen molar-refractivity contribution in [2.24, 2.45) is 0 Å². The predicted octanol–water partition coefficient (Wildman–Crippen LogP) is 4.13. The number of imide groups is 1. The number of rotatable bonds is 9. The number of amides is 2. The molecule has 3 aromatic carbocycles. The number of ether oxygens (including phenoxy) is 1. The lowest BCUT2D eigenvalue weighted by atomic mass is 10.0. The van der Waals surface area contributed by atoms with E-state index in [2.05, 4.69) is 25.2 Å². The number of fused-ring (bicyclic) bond motifs is 2. The van der Waals surface area contributed by atoms with Crippen LogP contribution in [0.1, 0.15) is 33.6 Å². The van der Waals surface area contributed by atoms with Gasteiger partial charge in [0.1, 0.15) is 29.8 Å². The Labute approximate surface area is 264 Å². The van der Waals surface area contributed by atoms with Crippen LogP contribution in [0.5, 0.6) is 5.75 Å². The average molecular weight is 619 g/mol. The molecule has 0 spiro atoms. The smallest absolute Gasteiger partial charge is 0.261 e. The van der Waals surface area contributed by atoms with E-state index in [1.54, 1.807) is 18.2 Å². The minimum absolute atomic E-state index is 0.0383. The standard InChI is InChI=1S/C35H34N6O5/c1-40-14-11-23(12-15-40)41-34(44)26-17-29-30(18-27(26)35(41)45)39-32(38-29)31-28(10-13-36-33(31)43)37-19-24(42)20-46-25-9-5-8-22(16-25)21-6-3-2-4-7-21/h2-10,13,16-18,23-24,42H,11-12,14-15,19-20H2,1H3,(H,38,39)(H2,36,37,43). The van der Waals surface area contributed by atoms with Gasteiger partial charge in [-0.15, -0.1) is 0 Å². The molecule has 234 valence electrons. The maximum absolute atomic E-state index is 13.3. The first-order chi connectivity index (χ1) is 22.4. The van der Waals surface area contributed by atoms with Crippen molar-refractivity contribution < 1.29 is 19.4 Å². The van der Waals surface area contributed by atoms with Crippen molar-refractivity contribution in [3.63, 3.8) is 0 Å². The van der Waals surface area contributed by atoms with E-state index >= 15 is 0 Å². The lowest BCUT2D eigenvalue weighted by molar-refractivity contribution is 0.0516. The van der Waals surface area contributed by atoms with Crippen LogP contribution in [0.15, 0.2) is 83.8 Å². The van der Waals surface area contributed by atoms with Crippen LogP contribution in [0.25, 0.3) is 33.5 Å². The predicted molar refractivity (Wildman–Crippen MR) is 175 cm³/mol. The number of carbonyl (C=O) groups is 2. The molecule has 2 amide bonds. The third-order valence-corrected chi connectivity index (χ3v) is 8.68. The molecule has 4 N–H and O–H groups in total. The Balaban J connectivity index is 1.06. The van der Waals surface area contributed by atoms with E-state index in [0.717, 1.165) is 37.1 Å². The van der Waals surface area contributed by atoms with Gasteiger partial charge in [-0.3, -0.25) is 19.3 Å². The molecular weight excluding hydrogens is 584 g/mol. The van der Waals surface area contributed by atoms with Crippen molar-refractivity contribution in [2.45, 2.75) is 25.0 Å². The quantitative estimate of drug-likeness (QED) is 0.181. The Bertz CT molecular complexity index is 1930. The first-order valence-corrected chi connectivity index (χ1v) is 15.4. The van der Waals surface area contributed by atoms with Gasteiger partial charge < -0.3 is 30.0 Å². The molecule has 1 atom stereocenters. The number of aromatic nitrogens is 3. The second-order valence-electron chi connectivity index (χ2n) is 11.9. The first-order valence-electron chi connectivity index (χ1n) is 15.4. The topological polar surface area (TPSA) is 144 Å². The summed E-state index contributed by atoms with van der Waals surface area (Å²) < 4.78 is 5.87. The number of H-pyrrole nitrogens is 2. The van der Waals surface area contributed by atoms with Crippen molar-refractivity contribution in [1.29, 1.82) is 0 Å². The van der Waals surface area contributed by atoms with E-state index in [1.807, 2.05) is 61.6 Å².